The van der Waals surface area contributed by atoms with Crippen LogP contribution in [0.5, 0.6) is 11.5 Å². The predicted octanol–water partition coefficient (Wildman–Crippen LogP) is 3.76. The Bertz CT molecular complexity index is 539. The zero-order chi connectivity index (χ0) is 19.9. The van der Waals surface area contributed by atoms with Gasteiger partial charge in [-0.1, -0.05) is 19.9 Å². The van der Waals surface area contributed by atoms with Crippen molar-refractivity contribution in [1.29, 1.82) is 0 Å². The van der Waals surface area contributed by atoms with Crippen LogP contribution in [0.1, 0.15) is 40.0 Å². The van der Waals surface area contributed by atoms with Gasteiger partial charge < -0.3 is 25.0 Å². The number of guanidine groups is 1. The number of halogens is 1. The number of aliphatic imine (C=N–C) groups is 1. The summed E-state index contributed by atoms with van der Waals surface area (Å²) in [7, 11) is 3.47. The van der Waals surface area contributed by atoms with Crippen molar-refractivity contribution in [2.45, 2.75) is 46.1 Å². The molecule has 1 rings (SSSR count). The zero-order valence-electron chi connectivity index (χ0n) is 18.2. The first kappa shape index (κ1) is 26.8. The lowest BCUT2D eigenvalue weighted by atomic mass is 10.2. The molecule has 0 aliphatic carbocycles. The summed E-state index contributed by atoms with van der Waals surface area (Å²) in [5.74, 6) is 2.50. The third-order valence-electron chi connectivity index (χ3n) is 4.54. The van der Waals surface area contributed by atoms with Crippen molar-refractivity contribution >= 4 is 29.9 Å². The number of nitrogens with zero attached hydrogens (tertiary/aromatic N) is 2. The van der Waals surface area contributed by atoms with Gasteiger partial charge in [-0.3, -0.25) is 4.99 Å². The number of hydrogen-bond donors (Lipinski definition) is 2. The second kappa shape index (κ2) is 16.7. The van der Waals surface area contributed by atoms with E-state index in [0.717, 1.165) is 56.5 Å². The van der Waals surface area contributed by atoms with E-state index in [-0.39, 0.29) is 24.0 Å². The van der Waals surface area contributed by atoms with E-state index in [0.29, 0.717) is 12.6 Å². The Labute approximate surface area is 188 Å². The summed E-state index contributed by atoms with van der Waals surface area (Å²) in [5.41, 5.74) is 0. The van der Waals surface area contributed by atoms with Gasteiger partial charge in [-0.2, -0.15) is 0 Å². The molecule has 0 radical (unpaired) electrons. The van der Waals surface area contributed by atoms with Gasteiger partial charge in [-0.25, -0.2) is 0 Å². The first-order chi connectivity index (χ1) is 13.1. The average Bonchev–Trinajstić information content (AvgIpc) is 2.70. The summed E-state index contributed by atoms with van der Waals surface area (Å²) in [6.07, 6.45) is 3.23. The fraction of sp³-hybridized carbons (Fsp3) is 0.667. The van der Waals surface area contributed by atoms with E-state index in [1.165, 1.54) is 6.42 Å². The van der Waals surface area contributed by atoms with Crippen LogP contribution in [-0.2, 0) is 0 Å². The molecule has 0 saturated heterocycles. The van der Waals surface area contributed by atoms with Gasteiger partial charge in [0.15, 0.2) is 5.96 Å². The Morgan fingerprint density at radius 2 is 1.89 bits per heavy atom. The lowest BCUT2D eigenvalue weighted by Crippen LogP contribution is -2.43. The monoisotopic (exact) mass is 506 g/mol. The zero-order valence-corrected chi connectivity index (χ0v) is 20.5. The fourth-order valence-corrected chi connectivity index (χ4v) is 2.82. The quantitative estimate of drug-likeness (QED) is 0.185. The molecule has 0 aliphatic rings. The van der Waals surface area contributed by atoms with Gasteiger partial charge in [-0.05, 0) is 58.0 Å². The molecule has 0 saturated carbocycles. The Kier molecular flexibility index (Phi) is 16.0. The van der Waals surface area contributed by atoms with Crippen LogP contribution in [0.3, 0.4) is 0 Å². The molecule has 1 aromatic carbocycles. The molecule has 28 heavy (non-hydrogen) atoms. The highest BCUT2D eigenvalue weighted by molar-refractivity contribution is 14.0. The van der Waals surface area contributed by atoms with Crippen molar-refractivity contribution in [3.05, 3.63) is 24.3 Å². The van der Waals surface area contributed by atoms with E-state index in [1.807, 2.05) is 31.3 Å². The molecule has 0 aromatic heterocycles. The highest BCUT2D eigenvalue weighted by atomic mass is 127. The molecule has 0 heterocycles. The van der Waals surface area contributed by atoms with Crippen LogP contribution in [0.25, 0.3) is 0 Å². The molecule has 0 fully saturated rings. The summed E-state index contributed by atoms with van der Waals surface area (Å²) in [5, 5.41) is 6.82. The van der Waals surface area contributed by atoms with E-state index >= 15 is 0 Å². The molecule has 0 spiro atoms. The van der Waals surface area contributed by atoms with Crippen LogP contribution in [0.2, 0.25) is 0 Å². The minimum Gasteiger partial charge on any atom is -0.497 e. The molecule has 1 aromatic rings. The first-order valence-electron chi connectivity index (χ1n) is 10.1. The highest BCUT2D eigenvalue weighted by Crippen LogP contribution is 2.18. The van der Waals surface area contributed by atoms with Crippen molar-refractivity contribution in [1.82, 2.24) is 15.5 Å². The van der Waals surface area contributed by atoms with Crippen LogP contribution in [0.15, 0.2) is 29.3 Å². The first-order valence-corrected chi connectivity index (χ1v) is 10.1. The third kappa shape index (κ3) is 11.6. The van der Waals surface area contributed by atoms with E-state index in [1.54, 1.807) is 7.11 Å². The van der Waals surface area contributed by atoms with Gasteiger partial charge in [0, 0.05) is 25.7 Å². The summed E-state index contributed by atoms with van der Waals surface area (Å²) in [6.45, 7) is 11.5. The standard InChI is InChI=1S/C21H38N4O2.HI/c1-6-25(7-2)15-9-11-18(3)24-21(22-4)23-14-10-16-27-20-13-8-12-19(17-20)26-5;/h8,12-13,17-18H,6-7,9-11,14-16H2,1-5H3,(H2,22,23,24);1H. The van der Waals surface area contributed by atoms with Crippen molar-refractivity contribution in [2.75, 3.05) is 46.9 Å². The van der Waals surface area contributed by atoms with Crippen LogP contribution in [0.4, 0.5) is 0 Å². The lowest BCUT2D eigenvalue weighted by molar-refractivity contribution is 0.292. The molecule has 7 heteroatoms. The number of methoxy groups -OCH3 is 1. The number of rotatable bonds is 13. The van der Waals surface area contributed by atoms with E-state index < -0.39 is 0 Å². The smallest absolute Gasteiger partial charge is 0.191 e. The second-order valence-corrected chi connectivity index (χ2v) is 6.59. The normalized spacial score (nSPS) is 12.3. The number of ether oxygens (including phenoxy) is 2. The minimum absolute atomic E-state index is 0. The SMILES string of the molecule is CCN(CC)CCCC(C)NC(=NC)NCCCOc1cccc(OC)c1.I. The molecular formula is C21H39IN4O2. The summed E-state index contributed by atoms with van der Waals surface area (Å²) < 4.78 is 11.0. The topological polar surface area (TPSA) is 58.1 Å². The van der Waals surface area contributed by atoms with E-state index in [2.05, 4.69) is 41.3 Å². The number of hydrogen-bond acceptors (Lipinski definition) is 4. The predicted molar refractivity (Wildman–Crippen MR) is 130 cm³/mol. The van der Waals surface area contributed by atoms with Gasteiger partial charge in [0.25, 0.3) is 0 Å². The number of nitrogens with one attached hydrogen (secondary N) is 2. The Balaban J connectivity index is 0.00000729. The maximum atomic E-state index is 5.76. The Morgan fingerprint density at radius 1 is 1.18 bits per heavy atom. The summed E-state index contributed by atoms with van der Waals surface area (Å²) >= 11 is 0. The van der Waals surface area contributed by atoms with Gasteiger partial charge in [0.1, 0.15) is 11.5 Å². The molecule has 0 amide bonds. The van der Waals surface area contributed by atoms with E-state index in [9.17, 15) is 0 Å². The summed E-state index contributed by atoms with van der Waals surface area (Å²) in [4.78, 5) is 6.77. The number of benzene rings is 1. The van der Waals surface area contributed by atoms with Crippen molar-refractivity contribution in [3.8, 4) is 11.5 Å². The van der Waals surface area contributed by atoms with Crippen LogP contribution < -0.4 is 20.1 Å². The van der Waals surface area contributed by atoms with Gasteiger partial charge in [0.2, 0.25) is 0 Å². The molecular weight excluding hydrogens is 467 g/mol. The molecule has 162 valence electrons. The Hall–Kier alpha value is -1.22. The third-order valence-corrected chi connectivity index (χ3v) is 4.54. The van der Waals surface area contributed by atoms with Gasteiger partial charge in [0.05, 0.1) is 13.7 Å². The lowest BCUT2D eigenvalue weighted by Gasteiger charge is -2.21. The molecule has 1 atom stereocenters. The maximum absolute atomic E-state index is 5.76. The van der Waals surface area contributed by atoms with Crippen LogP contribution in [0, 0.1) is 0 Å². The van der Waals surface area contributed by atoms with E-state index in [4.69, 9.17) is 9.47 Å². The minimum atomic E-state index is 0. The molecule has 0 bridgehead atoms. The Morgan fingerprint density at radius 3 is 2.54 bits per heavy atom. The maximum Gasteiger partial charge on any atom is 0.191 e. The van der Waals surface area contributed by atoms with Gasteiger partial charge in [-0.15, -0.1) is 24.0 Å². The van der Waals surface area contributed by atoms with Crippen LogP contribution in [-0.4, -0.2) is 63.8 Å². The second-order valence-electron chi connectivity index (χ2n) is 6.59. The van der Waals surface area contributed by atoms with Gasteiger partial charge >= 0.3 is 0 Å². The van der Waals surface area contributed by atoms with Crippen molar-refractivity contribution < 1.29 is 9.47 Å². The molecule has 6 nitrogen and oxygen atoms in total. The highest BCUT2D eigenvalue weighted by Gasteiger charge is 2.06. The summed E-state index contributed by atoms with van der Waals surface area (Å²) in [6, 6.07) is 8.08. The average molecular weight is 506 g/mol. The molecule has 2 N–H and O–H groups in total. The molecule has 1 unspecified atom stereocenters. The largest absolute Gasteiger partial charge is 0.497 e. The van der Waals surface area contributed by atoms with Crippen molar-refractivity contribution in [3.63, 3.8) is 0 Å². The van der Waals surface area contributed by atoms with Crippen molar-refractivity contribution in [2.24, 2.45) is 4.99 Å². The van der Waals surface area contributed by atoms with Crippen LogP contribution >= 0.6 is 24.0 Å². The fourth-order valence-electron chi connectivity index (χ4n) is 2.82. The molecule has 0 aliphatic heterocycles.